The highest BCUT2D eigenvalue weighted by Gasteiger charge is 2.34. The Morgan fingerprint density at radius 1 is 1.26 bits per heavy atom. The highest BCUT2D eigenvalue weighted by molar-refractivity contribution is 7.99. The normalized spacial score (nSPS) is 17.0. The molecule has 1 N–H and O–H groups in total. The first-order chi connectivity index (χ1) is 12.9. The number of halogens is 3. The summed E-state index contributed by atoms with van der Waals surface area (Å²) in [5.41, 5.74) is 0.277. The van der Waals surface area contributed by atoms with Gasteiger partial charge in [0.1, 0.15) is 11.1 Å². The first kappa shape index (κ1) is 19.4. The van der Waals surface area contributed by atoms with Crippen LogP contribution < -0.4 is 10.1 Å². The molecule has 4 nitrogen and oxygen atoms in total. The molecule has 144 valence electrons. The second-order valence-corrected chi connectivity index (χ2v) is 7.09. The van der Waals surface area contributed by atoms with Crippen LogP contribution in [-0.2, 0) is 6.18 Å². The van der Waals surface area contributed by atoms with Crippen LogP contribution in [-0.4, -0.2) is 29.8 Å². The first-order valence-corrected chi connectivity index (χ1v) is 9.53. The number of amides is 2. The fourth-order valence-corrected chi connectivity index (χ4v) is 4.11. The largest absolute Gasteiger partial charge is 0.492 e. The molecule has 1 heterocycles. The molecule has 0 unspecified atom stereocenters. The molecule has 27 heavy (non-hydrogen) atoms. The Labute approximate surface area is 159 Å². The molecule has 0 aliphatic carbocycles. The number of thioether (sulfide) groups is 1. The van der Waals surface area contributed by atoms with E-state index in [0.29, 0.717) is 35.9 Å². The number of nitrogens with zero attached hydrogens (tertiary/aromatic N) is 1. The number of nitrogens with one attached hydrogen (secondary N) is 1. The van der Waals surface area contributed by atoms with Gasteiger partial charge in [-0.1, -0.05) is 24.3 Å². The smallest absolute Gasteiger partial charge is 0.416 e. The molecule has 1 atom stereocenters. The zero-order chi connectivity index (χ0) is 19.4. The SMILES string of the molecule is CCOc1ccccc1NC(=O)N1CCS[C@H]1c1cccc(C(F)(F)F)c1. The van der Waals surface area contributed by atoms with Crippen molar-refractivity contribution in [2.75, 3.05) is 24.2 Å². The zero-order valence-electron chi connectivity index (χ0n) is 14.6. The van der Waals surface area contributed by atoms with Crippen molar-refractivity contribution in [1.82, 2.24) is 4.90 Å². The fourth-order valence-electron chi connectivity index (χ4n) is 2.86. The monoisotopic (exact) mass is 396 g/mol. The Morgan fingerprint density at radius 3 is 2.78 bits per heavy atom. The quantitative estimate of drug-likeness (QED) is 0.754. The molecular weight excluding hydrogens is 377 g/mol. The van der Waals surface area contributed by atoms with Crippen molar-refractivity contribution in [2.24, 2.45) is 0 Å². The van der Waals surface area contributed by atoms with E-state index in [9.17, 15) is 18.0 Å². The summed E-state index contributed by atoms with van der Waals surface area (Å²) in [6.07, 6.45) is -4.41. The average molecular weight is 396 g/mol. The van der Waals surface area contributed by atoms with Gasteiger partial charge in [-0.25, -0.2) is 4.79 Å². The Kier molecular flexibility index (Phi) is 5.84. The van der Waals surface area contributed by atoms with E-state index in [1.165, 1.54) is 17.8 Å². The number of carbonyl (C=O) groups is 1. The molecule has 0 spiro atoms. The molecule has 8 heteroatoms. The van der Waals surface area contributed by atoms with Gasteiger partial charge in [-0.15, -0.1) is 11.8 Å². The van der Waals surface area contributed by atoms with Crippen LogP contribution in [0.25, 0.3) is 0 Å². The number of benzene rings is 2. The van der Waals surface area contributed by atoms with Gasteiger partial charge in [-0.05, 0) is 36.8 Å². The van der Waals surface area contributed by atoms with Crippen molar-refractivity contribution in [2.45, 2.75) is 18.5 Å². The molecule has 1 aliphatic rings. The van der Waals surface area contributed by atoms with Crippen LogP contribution in [0.3, 0.4) is 0 Å². The molecule has 2 aromatic carbocycles. The van der Waals surface area contributed by atoms with Crippen molar-refractivity contribution in [3.05, 3.63) is 59.7 Å². The summed E-state index contributed by atoms with van der Waals surface area (Å²) in [5, 5.41) is 2.34. The lowest BCUT2D eigenvalue weighted by Gasteiger charge is -2.25. The number of hydrogen-bond donors (Lipinski definition) is 1. The van der Waals surface area contributed by atoms with Gasteiger partial charge in [0.05, 0.1) is 17.9 Å². The van der Waals surface area contributed by atoms with Gasteiger partial charge < -0.3 is 15.0 Å². The summed E-state index contributed by atoms with van der Waals surface area (Å²) in [6.45, 7) is 2.76. The van der Waals surface area contributed by atoms with Gasteiger partial charge in [-0.3, -0.25) is 0 Å². The second-order valence-electron chi connectivity index (χ2n) is 5.90. The van der Waals surface area contributed by atoms with E-state index in [1.54, 1.807) is 35.2 Å². The predicted molar refractivity (Wildman–Crippen MR) is 100.0 cm³/mol. The van der Waals surface area contributed by atoms with E-state index in [4.69, 9.17) is 4.74 Å². The third kappa shape index (κ3) is 4.50. The zero-order valence-corrected chi connectivity index (χ0v) is 15.4. The van der Waals surface area contributed by atoms with Crippen molar-refractivity contribution in [1.29, 1.82) is 0 Å². The van der Waals surface area contributed by atoms with E-state index < -0.39 is 17.1 Å². The molecule has 2 aromatic rings. The molecule has 2 amide bonds. The molecule has 0 radical (unpaired) electrons. The van der Waals surface area contributed by atoms with Crippen molar-refractivity contribution >= 4 is 23.5 Å². The summed E-state index contributed by atoms with van der Waals surface area (Å²) in [7, 11) is 0. The van der Waals surface area contributed by atoms with Crippen LogP contribution in [0.4, 0.5) is 23.7 Å². The van der Waals surface area contributed by atoms with Gasteiger partial charge in [0.15, 0.2) is 0 Å². The maximum absolute atomic E-state index is 13.0. The van der Waals surface area contributed by atoms with Crippen molar-refractivity contribution in [3.8, 4) is 5.75 Å². The highest BCUT2D eigenvalue weighted by Crippen LogP contribution is 2.40. The van der Waals surface area contributed by atoms with E-state index in [-0.39, 0.29) is 6.03 Å². The van der Waals surface area contributed by atoms with Crippen LogP contribution in [0.5, 0.6) is 5.75 Å². The second kappa shape index (κ2) is 8.12. The maximum Gasteiger partial charge on any atom is 0.416 e. The summed E-state index contributed by atoms with van der Waals surface area (Å²) in [4.78, 5) is 14.3. The van der Waals surface area contributed by atoms with Crippen LogP contribution in [0.15, 0.2) is 48.5 Å². The number of ether oxygens (including phenoxy) is 1. The maximum atomic E-state index is 13.0. The molecule has 3 rings (SSSR count). The number of urea groups is 1. The standard InChI is InChI=1S/C19H19F3N2O2S/c1-2-26-16-9-4-3-8-15(16)23-18(25)24-10-11-27-17(24)13-6-5-7-14(12-13)19(20,21)22/h3-9,12,17H,2,10-11H2,1H3,(H,23,25)/t17-/m0/s1. The van der Waals surface area contributed by atoms with Crippen molar-refractivity contribution in [3.63, 3.8) is 0 Å². The lowest BCUT2D eigenvalue weighted by atomic mass is 10.1. The number of carbonyl (C=O) groups excluding carboxylic acids is 1. The molecule has 1 saturated heterocycles. The molecule has 0 aromatic heterocycles. The van der Waals surface area contributed by atoms with E-state index in [0.717, 1.165) is 12.1 Å². The Hall–Kier alpha value is -2.35. The van der Waals surface area contributed by atoms with Gasteiger partial charge in [0.25, 0.3) is 0 Å². The summed E-state index contributed by atoms with van der Waals surface area (Å²) < 4.78 is 44.5. The number of alkyl halides is 3. The predicted octanol–water partition coefficient (Wildman–Crippen LogP) is 5.38. The first-order valence-electron chi connectivity index (χ1n) is 8.48. The topological polar surface area (TPSA) is 41.6 Å². The van der Waals surface area contributed by atoms with Crippen molar-refractivity contribution < 1.29 is 22.7 Å². The highest BCUT2D eigenvalue weighted by atomic mass is 32.2. The molecule has 0 bridgehead atoms. The Balaban J connectivity index is 1.80. The molecule has 1 aliphatic heterocycles. The van der Waals surface area contributed by atoms with Crippen LogP contribution >= 0.6 is 11.8 Å². The third-order valence-electron chi connectivity index (χ3n) is 4.08. The molecule has 1 fully saturated rings. The lowest BCUT2D eigenvalue weighted by Crippen LogP contribution is -2.34. The van der Waals surface area contributed by atoms with E-state index in [1.807, 2.05) is 6.92 Å². The average Bonchev–Trinajstić information content (AvgIpc) is 3.13. The third-order valence-corrected chi connectivity index (χ3v) is 5.34. The number of anilines is 1. The molecule has 0 saturated carbocycles. The Bertz CT molecular complexity index is 814. The van der Waals surface area contributed by atoms with E-state index in [2.05, 4.69) is 5.32 Å². The number of para-hydroxylation sites is 2. The van der Waals surface area contributed by atoms with Crippen LogP contribution in [0.2, 0.25) is 0 Å². The minimum absolute atomic E-state index is 0.366. The Morgan fingerprint density at radius 2 is 2.04 bits per heavy atom. The van der Waals surface area contributed by atoms with Gasteiger partial charge in [0.2, 0.25) is 0 Å². The summed E-state index contributed by atoms with van der Waals surface area (Å²) >= 11 is 1.44. The minimum atomic E-state index is -4.41. The van der Waals surface area contributed by atoms with E-state index >= 15 is 0 Å². The summed E-state index contributed by atoms with van der Waals surface area (Å²) in [5.74, 6) is 1.21. The van der Waals surface area contributed by atoms with Gasteiger partial charge >= 0.3 is 12.2 Å². The minimum Gasteiger partial charge on any atom is -0.492 e. The fraction of sp³-hybridized carbons (Fsp3) is 0.316. The van der Waals surface area contributed by atoms with Crippen LogP contribution in [0.1, 0.15) is 23.4 Å². The van der Waals surface area contributed by atoms with Gasteiger partial charge in [-0.2, -0.15) is 13.2 Å². The summed E-state index contributed by atoms with van der Waals surface area (Å²) in [6, 6.07) is 11.8. The lowest BCUT2D eigenvalue weighted by molar-refractivity contribution is -0.137. The number of hydrogen-bond acceptors (Lipinski definition) is 3. The van der Waals surface area contributed by atoms with Crippen LogP contribution in [0, 0.1) is 0 Å². The van der Waals surface area contributed by atoms with Gasteiger partial charge in [0, 0.05) is 12.3 Å². The molecular formula is C19H19F3N2O2S. The number of rotatable bonds is 4.